The molecule has 2 aromatic carbocycles. The fourth-order valence-corrected chi connectivity index (χ4v) is 2.57. The number of rotatable bonds is 4. The minimum atomic E-state index is -0.452. The lowest BCUT2D eigenvalue weighted by atomic mass is 9.87. The Balaban J connectivity index is 1.69. The maximum Gasteiger partial charge on any atom is 0.336 e. The molecule has 27 heavy (non-hydrogen) atoms. The zero-order valence-electron chi connectivity index (χ0n) is 15.4. The van der Waals surface area contributed by atoms with Gasteiger partial charge in [0.05, 0.1) is 5.69 Å². The maximum absolute atomic E-state index is 12.2. The number of aromatic hydroxyl groups is 1. The lowest BCUT2D eigenvalue weighted by molar-refractivity contribution is -0.118. The van der Waals surface area contributed by atoms with Gasteiger partial charge in [-0.3, -0.25) is 4.79 Å². The molecule has 0 saturated carbocycles. The Kier molecular flexibility index (Phi) is 4.90. The summed E-state index contributed by atoms with van der Waals surface area (Å²) in [6, 6.07) is 13.1. The van der Waals surface area contributed by atoms with E-state index < -0.39 is 11.5 Å². The molecule has 6 heteroatoms. The zero-order chi connectivity index (χ0) is 19.6. The molecule has 1 heterocycles. The van der Waals surface area contributed by atoms with Crippen molar-refractivity contribution in [2.75, 3.05) is 11.9 Å². The third-order valence-corrected chi connectivity index (χ3v) is 4.10. The van der Waals surface area contributed by atoms with E-state index in [-0.39, 0.29) is 17.8 Å². The number of phenols is 1. The first-order chi connectivity index (χ1) is 12.7. The first kappa shape index (κ1) is 18.5. The normalized spacial score (nSPS) is 11.4. The molecule has 6 nitrogen and oxygen atoms in total. The molecule has 140 valence electrons. The molecule has 2 N–H and O–H groups in total. The SMILES string of the molecule is CC(C)(C)c1ccc(O)c(NC(=O)COc2ccc3ccc(=O)oc3c2)c1. The van der Waals surface area contributed by atoms with Crippen molar-refractivity contribution in [1.29, 1.82) is 0 Å². The van der Waals surface area contributed by atoms with E-state index >= 15 is 0 Å². The van der Waals surface area contributed by atoms with Gasteiger partial charge in [0.2, 0.25) is 0 Å². The summed E-state index contributed by atoms with van der Waals surface area (Å²) in [5, 5.41) is 13.4. The van der Waals surface area contributed by atoms with Crippen LogP contribution in [0.2, 0.25) is 0 Å². The highest BCUT2D eigenvalue weighted by molar-refractivity contribution is 5.93. The van der Waals surface area contributed by atoms with E-state index in [1.807, 2.05) is 26.8 Å². The number of hydrogen-bond acceptors (Lipinski definition) is 5. The van der Waals surface area contributed by atoms with Gasteiger partial charge in [-0.05, 0) is 41.3 Å². The molecular formula is C21H21NO5. The van der Waals surface area contributed by atoms with E-state index in [0.717, 1.165) is 10.9 Å². The number of carbonyl (C=O) groups excluding carboxylic acids is 1. The van der Waals surface area contributed by atoms with Crippen molar-refractivity contribution >= 4 is 22.6 Å². The Morgan fingerprint density at radius 2 is 1.85 bits per heavy atom. The van der Waals surface area contributed by atoms with Gasteiger partial charge < -0.3 is 19.6 Å². The summed E-state index contributed by atoms with van der Waals surface area (Å²) >= 11 is 0. The third-order valence-electron chi connectivity index (χ3n) is 4.10. The number of hydrogen-bond donors (Lipinski definition) is 2. The molecule has 0 fully saturated rings. The average Bonchev–Trinajstić information content (AvgIpc) is 2.60. The number of carbonyl (C=O) groups is 1. The minimum Gasteiger partial charge on any atom is -0.506 e. The van der Waals surface area contributed by atoms with Crippen LogP contribution >= 0.6 is 0 Å². The summed E-state index contributed by atoms with van der Waals surface area (Å²) < 4.78 is 10.6. The molecule has 0 aliphatic carbocycles. The van der Waals surface area contributed by atoms with Crippen LogP contribution in [0.4, 0.5) is 5.69 Å². The van der Waals surface area contributed by atoms with Crippen molar-refractivity contribution in [2.24, 2.45) is 0 Å². The van der Waals surface area contributed by atoms with E-state index in [0.29, 0.717) is 17.0 Å². The van der Waals surface area contributed by atoms with Crippen LogP contribution in [-0.2, 0) is 10.2 Å². The predicted octanol–water partition coefficient (Wildman–Crippen LogP) is 3.81. The van der Waals surface area contributed by atoms with Crippen molar-refractivity contribution in [3.63, 3.8) is 0 Å². The summed E-state index contributed by atoms with van der Waals surface area (Å²) in [4.78, 5) is 23.5. The summed E-state index contributed by atoms with van der Waals surface area (Å²) in [5.41, 5.74) is 1.14. The van der Waals surface area contributed by atoms with Crippen LogP contribution in [0.1, 0.15) is 26.3 Å². The van der Waals surface area contributed by atoms with Crippen LogP contribution in [0.5, 0.6) is 11.5 Å². The molecule has 1 amide bonds. The molecule has 1 aromatic heterocycles. The van der Waals surface area contributed by atoms with E-state index in [2.05, 4.69) is 5.32 Å². The van der Waals surface area contributed by atoms with Gasteiger partial charge >= 0.3 is 5.63 Å². The highest BCUT2D eigenvalue weighted by atomic mass is 16.5. The van der Waals surface area contributed by atoms with Crippen LogP contribution in [-0.4, -0.2) is 17.6 Å². The van der Waals surface area contributed by atoms with E-state index in [1.165, 1.54) is 6.07 Å². The van der Waals surface area contributed by atoms with Gasteiger partial charge in [-0.1, -0.05) is 26.8 Å². The van der Waals surface area contributed by atoms with Crippen LogP contribution in [0, 0.1) is 0 Å². The second-order valence-electron chi connectivity index (χ2n) is 7.27. The Hall–Kier alpha value is -3.28. The number of amides is 1. The summed E-state index contributed by atoms with van der Waals surface area (Å²) in [5.74, 6) is -0.0190. The van der Waals surface area contributed by atoms with Crippen molar-refractivity contribution in [1.82, 2.24) is 0 Å². The highest BCUT2D eigenvalue weighted by Gasteiger charge is 2.16. The molecule has 0 aliphatic heterocycles. The number of nitrogens with one attached hydrogen (secondary N) is 1. The maximum atomic E-state index is 12.2. The third kappa shape index (κ3) is 4.47. The summed E-state index contributed by atoms with van der Waals surface area (Å²) in [6.07, 6.45) is 0. The molecule has 0 bridgehead atoms. The van der Waals surface area contributed by atoms with E-state index in [9.17, 15) is 14.7 Å². The molecule has 0 spiro atoms. The molecule has 0 unspecified atom stereocenters. The average molecular weight is 367 g/mol. The van der Waals surface area contributed by atoms with Gasteiger partial charge in [0.25, 0.3) is 5.91 Å². The predicted molar refractivity (Wildman–Crippen MR) is 103 cm³/mol. The molecule has 0 radical (unpaired) electrons. The van der Waals surface area contributed by atoms with Gasteiger partial charge in [-0.25, -0.2) is 4.79 Å². The van der Waals surface area contributed by atoms with Crippen molar-refractivity contribution < 1.29 is 19.1 Å². The summed E-state index contributed by atoms with van der Waals surface area (Å²) in [7, 11) is 0. The number of ether oxygens (including phenoxy) is 1. The monoisotopic (exact) mass is 367 g/mol. The first-order valence-corrected chi connectivity index (χ1v) is 8.52. The van der Waals surface area contributed by atoms with Crippen LogP contribution < -0.4 is 15.7 Å². The van der Waals surface area contributed by atoms with Crippen molar-refractivity contribution in [3.8, 4) is 11.5 Å². The number of benzene rings is 2. The lowest BCUT2D eigenvalue weighted by Crippen LogP contribution is -2.21. The van der Waals surface area contributed by atoms with Gasteiger partial charge in [0, 0.05) is 17.5 Å². The van der Waals surface area contributed by atoms with Crippen molar-refractivity contribution in [2.45, 2.75) is 26.2 Å². The standard InChI is InChI=1S/C21H21NO5/c1-21(2,3)14-6-8-17(23)16(10-14)22-19(24)12-26-15-7-4-13-5-9-20(25)27-18(13)11-15/h4-11,23H,12H2,1-3H3,(H,22,24). The Morgan fingerprint density at radius 1 is 1.11 bits per heavy atom. The van der Waals surface area contributed by atoms with E-state index in [1.54, 1.807) is 36.4 Å². The van der Waals surface area contributed by atoms with E-state index in [4.69, 9.17) is 9.15 Å². The number of anilines is 1. The fraction of sp³-hybridized carbons (Fsp3) is 0.238. The largest absolute Gasteiger partial charge is 0.506 e. The van der Waals surface area contributed by atoms with Gasteiger partial charge in [0.15, 0.2) is 6.61 Å². The first-order valence-electron chi connectivity index (χ1n) is 8.52. The van der Waals surface area contributed by atoms with Gasteiger partial charge in [0.1, 0.15) is 17.1 Å². The molecular weight excluding hydrogens is 346 g/mol. The van der Waals surface area contributed by atoms with Gasteiger partial charge in [-0.2, -0.15) is 0 Å². The van der Waals surface area contributed by atoms with Crippen LogP contribution in [0.15, 0.2) is 57.7 Å². The Labute approximate surface area is 156 Å². The Bertz CT molecular complexity index is 1050. The number of fused-ring (bicyclic) bond motifs is 1. The Morgan fingerprint density at radius 3 is 2.59 bits per heavy atom. The molecule has 3 rings (SSSR count). The van der Waals surface area contributed by atoms with Crippen molar-refractivity contribution in [3.05, 3.63) is 64.5 Å². The molecule has 3 aromatic rings. The zero-order valence-corrected chi connectivity index (χ0v) is 15.4. The van der Waals surface area contributed by atoms with Crippen LogP contribution in [0.25, 0.3) is 11.0 Å². The summed E-state index contributed by atoms with van der Waals surface area (Å²) in [6.45, 7) is 5.90. The van der Waals surface area contributed by atoms with Crippen LogP contribution in [0.3, 0.4) is 0 Å². The fourth-order valence-electron chi connectivity index (χ4n) is 2.57. The molecule has 0 saturated heterocycles. The highest BCUT2D eigenvalue weighted by Crippen LogP contribution is 2.30. The quantitative estimate of drug-likeness (QED) is 0.541. The molecule has 0 aliphatic rings. The smallest absolute Gasteiger partial charge is 0.336 e. The minimum absolute atomic E-state index is 0.0103. The topological polar surface area (TPSA) is 88.8 Å². The van der Waals surface area contributed by atoms with Gasteiger partial charge in [-0.15, -0.1) is 0 Å². The number of phenolic OH excluding ortho intramolecular Hbond substituents is 1. The lowest BCUT2D eigenvalue weighted by Gasteiger charge is -2.20. The molecule has 0 atom stereocenters. The second-order valence-corrected chi connectivity index (χ2v) is 7.27. The second kappa shape index (κ2) is 7.15.